The fourth-order valence-corrected chi connectivity index (χ4v) is 2.06. The molecule has 0 fully saturated rings. The molecule has 1 unspecified atom stereocenters. The van der Waals surface area contributed by atoms with Gasteiger partial charge in [0.25, 0.3) is 12.1 Å². The molecule has 1 atom stereocenters. The van der Waals surface area contributed by atoms with Crippen LogP contribution in [0.5, 0.6) is 0 Å². The molecule has 0 aliphatic carbocycles. The first-order valence-corrected chi connectivity index (χ1v) is 5.84. The minimum absolute atomic E-state index is 0.0250. The van der Waals surface area contributed by atoms with Crippen LogP contribution in [-0.4, -0.2) is 30.6 Å². The maximum absolute atomic E-state index is 14.0. The highest BCUT2D eigenvalue weighted by Gasteiger charge is 2.44. The van der Waals surface area contributed by atoms with Gasteiger partial charge in [-0.2, -0.15) is 0 Å². The van der Waals surface area contributed by atoms with Crippen LogP contribution in [0, 0.1) is 0 Å². The second-order valence-electron chi connectivity index (χ2n) is 3.73. The highest BCUT2D eigenvalue weighted by molar-refractivity contribution is 6.55. The van der Waals surface area contributed by atoms with Gasteiger partial charge in [0, 0.05) is 0 Å². The quantitative estimate of drug-likeness (QED) is 0.482. The number of carbonyl (C=O) groups is 3. The Morgan fingerprint density at radius 3 is 2.79 bits per heavy atom. The van der Waals surface area contributed by atoms with Crippen molar-refractivity contribution in [2.24, 2.45) is 0 Å². The number of esters is 1. The predicted octanol–water partition coefficient (Wildman–Crippen LogP) is 1.73. The minimum Gasteiger partial charge on any atom is -0.462 e. The van der Waals surface area contributed by atoms with E-state index in [9.17, 15) is 18.8 Å². The lowest BCUT2D eigenvalue weighted by Gasteiger charge is -2.19. The molecule has 0 spiro atoms. The SMILES string of the molecule is CCOC(=O)C(F)N1C(=O)C(=O)c2c(Cl)cccc21. The molecule has 0 N–H and O–H groups in total. The van der Waals surface area contributed by atoms with Crippen LogP contribution in [0.3, 0.4) is 0 Å². The van der Waals surface area contributed by atoms with Gasteiger partial charge in [-0.1, -0.05) is 17.7 Å². The lowest BCUT2D eigenvalue weighted by molar-refractivity contribution is -0.150. The summed E-state index contributed by atoms with van der Waals surface area (Å²) >= 11 is 5.80. The average molecular weight is 286 g/mol. The van der Waals surface area contributed by atoms with Crippen LogP contribution >= 0.6 is 11.6 Å². The van der Waals surface area contributed by atoms with Gasteiger partial charge in [0.05, 0.1) is 22.9 Å². The zero-order valence-corrected chi connectivity index (χ0v) is 10.6. The zero-order valence-electron chi connectivity index (χ0n) is 9.85. The highest BCUT2D eigenvalue weighted by atomic mass is 35.5. The number of alkyl halides is 1. The molecule has 2 rings (SSSR count). The number of anilines is 1. The summed E-state index contributed by atoms with van der Waals surface area (Å²) in [4.78, 5) is 35.3. The van der Waals surface area contributed by atoms with E-state index in [4.69, 9.17) is 11.6 Å². The van der Waals surface area contributed by atoms with Gasteiger partial charge in [-0.3, -0.25) is 14.5 Å². The van der Waals surface area contributed by atoms with Crippen molar-refractivity contribution >= 4 is 34.9 Å². The summed E-state index contributed by atoms with van der Waals surface area (Å²) in [5.74, 6) is -3.30. The lowest BCUT2D eigenvalue weighted by Crippen LogP contribution is -2.42. The van der Waals surface area contributed by atoms with Crippen molar-refractivity contribution in [3.63, 3.8) is 0 Å². The Balaban J connectivity index is 2.44. The number of benzene rings is 1. The molecule has 0 radical (unpaired) electrons. The Bertz CT molecular complexity index is 575. The second kappa shape index (κ2) is 4.97. The van der Waals surface area contributed by atoms with Crippen molar-refractivity contribution in [1.82, 2.24) is 0 Å². The topological polar surface area (TPSA) is 63.7 Å². The summed E-state index contributed by atoms with van der Waals surface area (Å²) in [6.07, 6.45) is -2.36. The van der Waals surface area contributed by atoms with Gasteiger partial charge in [0.2, 0.25) is 0 Å². The summed E-state index contributed by atoms with van der Waals surface area (Å²) < 4.78 is 18.5. The molecule has 5 nitrogen and oxygen atoms in total. The summed E-state index contributed by atoms with van der Waals surface area (Å²) in [5, 5.41) is 0.0365. The predicted molar refractivity (Wildman–Crippen MR) is 64.8 cm³/mol. The average Bonchev–Trinajstić information content (AvgIpc) is 2.63. The van der Waals surface area contributed by atoms with Crippen LogP contribution in [0.25, 0.3) is 0 Å². The standard InChI is InChI=1S/C12H9ClFNO4/c1-2-19-12(18)10(14)15-7-5-3-4-6(13)8(7)9(16)11(15)17/h3-5,10H,2H2,1H3. The number of hydrogen-bond donors (Lipinski definition) is 0. The van der Waals surface area contributed by atoms with Crippen LogP contribution in [0.2, 0.25) is 5.02 Å². The molecule has 7 heteroatoms. The molecule has 0 saturated heterocycles. The number of carbonyl (C=O) groups excluding carboxylic acids is 3. The fourth-order valence-electron chi connectivity index (χ4n) is 1.81. The summed E-state index contributed by atoms with van der Waals surface area (Å²) in [6, 6.07) is 4.21. The summed E-state index contributed by atoms with van der Waals surface area (Å²) in [7, 11) is 0. The van der Waals surface area contributed by atoms with Crippen molar-refractivity contribution in [3.8, 4) is 0 Å². The van der Waals surface area contributed by atoms with Gasteiger partial charge in [-0.05, 0) is 19.1 Å². The first-order valence-electron chi connectivity index (χ1n) is 5.46. The van der Waals surface area contributed by atoms with Crippen LogP contribution in [0.15, 0.2) is 18.2 Å². The van der Waals surface area contributed by atoms with E-state index in [-0.39, 0.29) is 22.9 Å². The molecule has 1 aliphatic rings. The van der Waals surface area contributed by atoms with Gasteiger partial charge in [0.15, 0.2) is 0 Å². The maximum atomic E-state index is 14.0. The Labute approximate surface area is 112 Å². The van der Waals surface area contributed by atoms with Crippen molar-refractivity contribution in [2.45, 2.75) is 13.2 Å². The van der Waals surface area contributed by atoms with Gasteiger partial charge in [-0.25, -0.2) is 9.18 Å². The van der Waals surface area contributed by atoms with Crippen LogP contribution in [0.4, 0.5) is 10.1 Å². The van der Waals surface area contributed by atoms with E-state index in [1.54, 1.807) is 0 Å². The Morgan fingerprint density at radius 1 is 1.47 bits per heavy atom. The molecule has 1 aliphatic heterocycles. The third-order valence-electron chi connectivity index (χ3n) is 2.60. The number of halogens is 2. The Hall–Kier alpha value is -1.95. The largest absolute Gasteiger partial charge is 0.462 e. The van der Waals surface area contributed by atoms with E-state index in [1.807, 2.05) is 0 Å². The summed E-state index contributed by atoms with van der Waals surface area (Å²) in [5.41, 5.74) is -0.121. The van der Waals surface area contributed by atoms with Crippen molar-refractivity contribution in [1.29, 1.82) is 0 Å². The van der Waals surface area contributed by atoms with Crippen molar-refractivity contribution in [2.75, 3.05) is 11.5 Å². The van der Waals surface area contributed by atoms with Crippen molar-refractivity contribution < 1.29 is 23.5 Å². The monoisotopic (exact) mass is 285 g/mol. The Morgan fingerprint density at radius 2 is 2.16 bits per heavy atom. The molecular weight excluding hydrogens is 277 g/mol. The van der Waals surface area contributed by atoms with Crippen LogP contribution < -0.4 is 4.90 Å². The van der Waals surface area contributed by atoms with Crippen LogP contribution in [0.1, 0.15) is 17.3 Å². The molecule has 1 amide bonds. The third kappa shape index (κ3) is 2.08. The van der Waals surface area contributed by atoms with Gasteiger partial charge in [0.1, 0.15) is 0 Å². The fraction of sp³-hybridized carbons (Fsp3) is 0.250. The van der Waals surface area contributed by atoms with E-state index in [1.165, 1.54) is 25.1 Å². The first-order chi connectivity index (χ1) is 8.99. The highest BCUT2D eigenvalue weighted by Crippen LogP contribution is 2.35. The van der Waals surface area contributed by atoms with Crippen LogP contribution in [-0.2, 0) is 14.3 Å². The summed E-state index contributed by atoms with van der Waals surface area (Å²) in [6.45, 7) is 1.48. The molecule has 19 heavy (non-hydrogen) atoms. The molecule has 100 valence electrons. The second-order valence-corrected chi connectivity index (χ2v) is 4.13. The molecule has 1 heterocycles. The minimum atomic E-state index is -2.36. The van der Waals surface area contributed by atoms with E-state index in [2.05, 4.69) is 4.74 Å². The zero-order chi connectivity index (χ0) is 14.2. The van der Waals surface area contributed by atoms with E-state index in [0.717, 1.165) is 0 Å². The smallest absolute Gasteiger partial charge is 0.362 e. The number of amides is 1. The number of fused-ring (bicyclic) bond motifs is 1. The van der Waals surface area contributed by atoms with Gasteiger partial charge < -0.3 is 4.74 Å². The van der Waals surface area contributed by atoms with Gasteiger partial charge in [-0.15, -0.1) is 0 Å². The number of ether oxygens (including phenoxy) is 1. The Kier molecular flexibility index (Phi) is 3.53. The molecule has 1 aromatic rings. The van der Waals surface area contributed by atoms with E-state index in [0.29, 0.717) is 4.90 Å². The number of nitrogens with zero attached hydrogens (tertiary/aromatic N) is 1. The maximum Gasteiger partial charge on any atom is 0.362 e. The van der Waals surface area contributed by atoms with Gasteiger partial charge >= 0.3 is 11.9 Å². The molecular formula is C12H9ClFNO4. The number of ketones is 1. The molecule has 0 saturated carbocycles. The lowest BCUT2D eigenvalue weighted by atomic mass is 10.1. The molecule has 1 aromatic carbocycles. The normalized spacial score (nSPS) is 15.4. The first kappa shape index (κ1) is 13.5. The van der Waals surface area contributed by atoms with E-state index < -0.39 is 24.0 Å². The third-order valence-corrected chi connectivity index (χ3v) is 2.91. The number of hydrogen-bond acceptors (Lipinski definition) is 4. The molecule has 0 aromatic heterocycles. The van der Waals surface area contributed by atoms with Crippen molar-refractivity contribution in [3.05, 3.63) is 28.8 Å². The molecule has 0 bridgehead atoms. The number of Topliss-reactive ketones (excluding diaryl/α,β-unsaturated/α-hetero) is 1. The number of rotatable bonds is 3. The van der Waals surface area contributed by atoms with E-state index >= 15 is 0 Å².